The third-order valence-corrected chi connectivity index (χ3v) is 9.11. The number of aromatic nitrogens is 4. The van der Waals surface area contributed by atoms with Crippen molar-refractivity contribution in [1.82, 2.24) is 29.2 Å². The SMILES string of the molecule is CC1(NS(=O)(=O)c2cc(N3CCN4C(=O)OC[C@H]4C3)c3ncc(-c4nnc(C(F)F)s4)n3c2)CC1. The van der Waals surface area contributed by atoms with Crippen molar-refractivity contribution in [1.29, 1.82) is 0 Å². The van der Waals surface area contributed by atoms with E-state index in [4.69, 9.17) is 4.74 Å². The van der Waals surface area contributed by atoms with Gasteiger partial charge < -0.3 is 9.64 Å². The summed E-state index contributed by atoms with van der Waals surface area (Å²) in [6.45, 7) is 3.41. The van der Waals surface area contributed by atoms with Crippen LogP contribution in [0.4, 0.5) is 19.3 Å². The molecule has 2 saturated heterocycles. The van der Waals surface area contributed by atoms with Crippen LogP contribution in [0.25, 0.3) is 16.3 Å². The second kappa shape index (κ2) is 7.80. The summed E-state index contributed by atoms with van der Waals surface area (Å²) in [7, 11) is -3.89. The number of imidazole rings is 1. The van der Waals surface area contributed by atoms with Gasteiger partial charge in [-0.3, -0.25) is 9.30 Å². The van der Waals surface area contributed by atoms with Crippen LogP contribution >= 0.6 is 11.3 Å². The standard InChI is InChI=1S/C20H21F2N7O4S2/c1-20(2-3-20)26-35(31,32)12-6-13(27-4-5-28-11(8-27)10-33-19(28)30)16-23-7-14(29(16)9-12)17-24-25-18(34-17)15(21)22/h6-7,9,11,15,26H,2-5,8,10H2,1H3/t11-/m1/s1. The van der Waals surface area contributed by atoms with Crippen LogP contribution in [0, 0.1) is 0 Å². The number of fused-ring (bicyclic) bond motifs is 2. The van der Waals surface area contributed by atoms with Crippen LogP contribution in [-0.4, -0.2) is 76.8 Å². The van der Waals surface area contributed by atoms with E-state index in [1.165, 1.54) is 12.4 Å². The van der Waals surface area contributed by atoms with Crippen molar-refractivity contribution in [2.24, 2.45) is 0 Å². The minimum atomic E-state index is -3.89. The maximum absolute atomic E-state index is 13.3. The first-order chi connectivity index (χ1) is 16.6. The molecule has 0 bridgehead atoms. The number of piperazine rings is 1. The fourth-order valence-electron chi connectivity index (χ4n) is 4.39. The van der Waals surface area contributed by atoms with E-state index in [0.717, 1.165) is 24.2 Å². The Hall–Kier alpha value is -2.91. The van der Waals surface area contributed by atoms with Crippen molar-refractivity contribution < 1.29 is 26.7 Å². The van der Waals surface area contributed by atoms with Gasteiger partial charge >= 0.3 is 6.09 Å². The number of cyclic esters (lactones) is 1. The van der Waals surface area contributed by atoms with Crippen LogP contribution in [0.15, 0.2) is 23.4 Å². The predicted molar refractivity (Wildman–Crippen MR) is 121 cm³/mol. The van der Waals surface area contributed by atoms with Crippen LogP contribution in [0.2, 0.25) is 0 Å². The number of carbonyl (C=O) groups excluding carboxylic acids is 1. The number of alkyl halides is 2. The summed E-state index contributed by atoms with van der Waals surface area (Å²) in [5, 5.41) is 7.20. The fourth-order valence-corrected chi connectivity index (χ4v) is 6.58. The summed E-state index contributed by atoms with van der Waals surface area (Å²) < 4.78 is 62.3. The Morgan fingerprint density at radius 2 is 2.09 bits per heavy atom. The number of carbonyl (C=O) groups is 1. The van der Waals surface area contributed by atoms with Gasteiger partial charge in [0.2, 0.25) is 10.0 Å². The molecule has 0 aromatic carbocycles. The van der Waals surface area contributed by atoms with Crippen molar-refractivity contribution in [3.05, 3.63) is 23.5 Å². The number of hydrogen-bond donors (Lipinski definition) is 1. The summed E-state index contributed by atoms with van der Waals surface area (Å²) in [5.41, 5.74) is 0.879. The first-order valence-corrected chi connectivity index (χ1v) is 13.3. The molecule has 1 saturated carbocycles. The highest BCUT2D eigenvalue weighted by Gasteiger charge is 2.42. The fraction of sp³-hybridized carbons (Fsp3) is 0.500. The normalized spacial score (nSPS) is 21.6. The molecule has 3 aliphatic rings. The van der Waals surface area contributed by atoms with Crippen LogP contribution in [-0.2, 0) is 14.8 Å². The topological polar surface area (TPSA) is 122 Å². The van der Waals surface area contributed by atoms with Gasteiger partial charge in [-0.15, -0.1) is 10.2 Å². The zero-order chi connectivity index (χ0) is 24.5. The monoisotopic (exact) mass is 525 g/mol. The zero-order valence-corrected chi connectivity index (χ0v) is 20.2. The van der Waals surface area contributed by atoms with Crippen molar-refractivity contribution >= 4 is 38.8 Å². The van der Waals surface area contributed by atoms with Crippen LogP contribution in [0.5, 0.6) is 0 Å². The smallest absolute Gasteiger partial charge is 0.410 e. The molecule has 3 aromatic heterocycles. The highest BCUT2D eigenvalue weighted by Crippen LogP contribution is 2.38. The number of ether oxygens (including phenoxy) is 1. The Balaban J connectivity index is 1.47. The third kappa shape index (κ3) is 3.90. The number of nitrogens with zero attached hydrogens (tertiary/aromatic N) is 6. The third-order valence-electron chi connectivity index (χ3n) is 6.56. The molecular formula is C20H21F2N7O4S2. The molecule has 1 N–H and O–H groups in total. The number of anilines is 1. The Labute approximate surface area is 202 Å². The molecule has 3 fully saturated rings. The number of pyridine rings is 1. The van der Waals surface area contributed by atoms with Crippen molar-refractivity contribution in [3.63, 3.8) is 0 Å². The second-order valence-electron chi connectivity index (χ2n) is 9.18. The maximum atomic E-state index is 13.3. The van der Waals surface area contributed by atoms with Gasteiger partial charge in [-0.05, 0) is 25.8 Å². The average Bonchev–Trinajstić information content (AvgIpc) is 3.22. The number of sulfonamides is 1. The molecule has 0 radical (unpaired) electrons. The molecule has 1 aliphatic carbocycles. The first kappa shape index (κ1) is 22.5. The Bertz CT molecular complexity index is 1440. The molecule has 35 heavy (non-hydrogen) atoms. The summed E-state index contributed by atoms with van der Waals surface area (Å²) in [5.74, 6) is 0. The van der Waals surface area contributed by atoms with Gasteiger partial charge in [0.1, 0.15) is 17.2 Å². The molecular weight excluding hydrogens is 504 g/mol. The van der Waals surface area contributed by atoms with Crippen LogP contribution in [0.1, 0.15) is 31.2 Å². The van der Waals surface area contributed by atoms with E-state index in [1.807, 2.05) is 11.8 Å². The van der Waals surface area contributed by atoms with Gasteiger partial charge in [-0.1, -0.05) is 11.3 Å². The molecule has 0 spiro atoms. The van der Waals surface area contributed by atoms with E-state index in [9.17, 15) is 22.0 Å². The molecule has 6 rings (SSSR count). The largest absolute Gasteiger partial charge is 0.447 e. The van der Waals surface area contributed by atoms with Crippen molar-refractivity contribution in [2.45, 2.75) is 42.7 Å². The number of rotatable bonds is 6. The van der Waals surface area contributed by atoms with Gasteiger partial charge in [-0.2, -0.15) is 0 Å². The molecule has 1 atom stereocenters. The lowest BCUT2D eigenvalue weighted by Crippen LogP contribution is -2.52. The van der Waals surface area contributed by atoms with E-state index in [2.05, 4.69) is 19.9 Å². The summed E-state index contributed by atoms with van der Waals surface area (Å²) in [6, 6.07) is 1.41. The quantitative estimate of drug-likeness (QED) is 0.520. The number of nitrogens with one attached hydrogen (secondary N) is 1. The highest BCUT2D eigenvalue weighted by atomic mass is 32.2. The molecule has 5 heterocycles. The van der Waals surface area contributed by atoms with E-state index in [-0.39, 0.29) is 28.6 Å². The maximum Gasteiger partial charge on any atom is 0.410 e. The number of amides is 1. The molecule has 186 valence electrons. The van der Waals surface area contributed by atoms with Crippen LogP contribution < -0.4 is 9.62 Å². The molecule has 2 aliphatic heterocycles. The Morgan fingerprint density at radius 1 is 1.29 bits per heavy atom. The lowest BCUT2D eigenvalue weighted by molar-refractivity contribution is 0.150. The molecule has 0 unspecified atom stereocenters. The lowest BCUT2D eigenvalue weighted by Gasteiger charge is -2.37. The van der Waals surface area contributed by atoms with Crippen molar-refractivity contribution in [2.75, 3.05) is 31.1 Å². The first-order valence-electron chi connectivity index (χ1n) is 11.0. The molecule has 3 aromatic rings. The minimum Gasteiger partial charge on any atom is -0.447 e. The lowest BCUT2D eigenvalue weighted by atomic mass is 10.2. The molecule has 15 heteroatoms. The second-order valence-corrected chi connectivity index (χ2v) is 11.9. The minimum absolute atomic E-state index is 0.0205. The average molecular weight is 526 g/mol. The summed E-state index contributed by atoms with van der Waals surface area (Å²) >= 11 is 0.729. The summed E-state index contributed by atoms with van der Waals surface area (Å²) in [6.07, 6.45) is 1.28. The Morgan fingerprint density at radius 3 is 2.80 bits per heavy atom. The van der Waals surface area contributed by atoms with Crippen LogP contribution in [0.3, 0.4) is 0 Å². The number of halogens is 2. The van der Waals surface area contributed by atoms with E-state index in [1.54, 1.807) is 15.4 Å². The van der Waals surface area contributed by atoms with Gasteiger partial charge in [0.15, 0.2) is 15.7 Å². The van der Waals surface area contributed by atoms with Gasteiger partial charge in [-0.25, -0.2) is 31.7 Å². The molecule has 11 nitrogen and oxygen atoms in total. The van der Waals surface area contributed by atoms with E-state index >= 15 is 0 Å². The van der Waals surface area contributed by atoms with Crippen molar-refractivity contribution in [3.8, 4) is 10.7 Å². The van der Waals surface area contributed by atoms with E-state index in [0.29, 0.717) is 36.7 Å². The zero-order valence-electron chi connectivity index (χ0n) is 18.5. The van der Waals surface area contributed by atoms with Gasteiger partial charge in [0.05, 0.1) is 17.9 Å². The predicted octanol–water partition coefficient (Wildman–Crippen LogP) is 2.26. The molecule has 1 amide bonds. The Kier molecular flexibility index (Phi) is 5.02. The van der Waals surface area contributed by atoms with E-state index < -0.39 is 27.0 Å². The summed E-state index contributed by atoms with van der Waals surface area (Å²) in [4.78, 5) is 20.0. The van der Waals surface area contributed by atoms with Gasteiger partial charge in [0, 0.05) is 31.4 Å². The number of hydrogen-bond acceptors (Lipinski definition) is 9. The highest BCUT2D eigenvalue weighted by molar-refractivity contribution is 7.89. The van der Waals surface area contributed by atoms with Gasteiger partial charge in [0.25, 0.3) is 6.43 Å².